The highest BCUT2D eigenvalue weighted by Crippen LogP contribution is 2.23. The predicted octanol–water partition coefficient (Wildman–Crippen LogP) is 2.67. The van der Waals surface area contributed by atoms with E-state index in [1.807, 2.05) is 12.1 Å². The first-order chi connectivity index (χ1) is 10.7. The van der Waals surface area contributed by atoms with Crippen molar-refractivity contribution in [1.82, 2.24) is 4.90 Å². The standard InChI is InChI=1S/C17H25N3O2/c21-16-8-11-20(13-16)17(22)18-14-6-5-7-15(12-14)19-9-3-1-2-4-10-19/h5-7,12,16,21H,1-4,8-11,13H2,(H,18,22)/t16-/m0/s1. The van der Waals surface area contributed by atoms with E-state index < -0.39 is 0 Å². The molecule has 2 aliphatic heterocycles. The second-order valence-corrected chi connectivity index (χ2v) is 6.27. The van der Waals surface area contributed by atoms with Gasteiger partial charge in [-0.3, -0.25) is 0 Å². The molecular formula is C17H25N3O2. The molecule has 5 heteroatoms. The molecule has 1 aromatic carbocycles. The number of nitrogens with one attached hydrogen (secondary N) is 1. The summed E-state index contributed by atoms with van der Waals surface area (Å²) in [6.07, 6.45) is 5.38. The van der Waals surface area contributed by atoms with Gasteiger partial charge in [0, 0.05) is 37.6 Å². The Bertz CT molecular complexity index is 512. The van der Waals surface area contributed by atoms with Crippen molar-refractivity contribution in [3.8, 4) is 0 Å². The second-order valence-electron chi connectivity index (χ2n) is 6.27. The van der Waals surface area contributed by atoms with Crippen LogP contribution in [0.2, 0.25) is 0 Å². The third kappa shape index (κ3) is 3.71. The van der Waals surface area contributed by atoms with Gasteiger partial charge in [0.1, 0.15) is 0 Å². The number of aliphatic hydroxyl groups is 1. The highest BCUT2D eigenvalue weighted by atomic mass is 16.3. The number of likely N-dealkylation sites (tertiary alicyclic amines) is 1. The van der Waals surface area contributed by atoms with Crippen LogP contribution >= 0.6 is 0 Å². The molecule has 0 spiro atoms. The first kappa shape index (κ1) is 15.2. The van der Waals surface area contributed by atoms with Crippen molar-refractivity contribution in [1.29, 1.82) is 0 Å². The van der Waals surface area contributed by atoms with Gasteiger partial charge < -0.3 is 20.2 Å². The highest BCUT2D eigenvalue weighted by molar-refractivity contribution is 5.90. The Hall–Kier alpha value is -1.75. The number of aliphatic hydroxyl groups excluding tert-OH is 1. The maximum Gasteiger partial charge on any atom is 0.321 e. The summed E-state index contributed by atoms with van der Waals surface area (Å²) in [7, 11) is 0. The molecule has 0 aromatic heterocycles. The van der Waals surface area contributed by atoms with E-state index >= 15 is 0 Å². The molecule has 2 heterocycles. The first-order valence-corrected chi connectivity index (χ1v) is 8.31. The largest absolute Gasteiger partial charge is 0.391 e. The Balaban J connectivity index is 1.64. The van der Waals surface area contributed by atoms with Gasteiger partial charge in [-0.05, 0) is 37.5 Å². The van der Waals surface area contributed by atoms with Gasteiger partial charge in [0.15, 0.2) is 0 Å². The Morgan fingerprint density at radius 2 is 1.91 bits per heavy atom. The molecule has 22 heavy (non-hydrogen) atoms. The fourth-order valence-electron chi connectivity index (χ4n) is 3.24. The van der Waals surface area contributed by atoms with Crippen molar-refractivity contribution >= 4 is 17.4 Å². The molecule has 0 radical (unpaired) electrons. The highest BCUT2D eigenvalue weighted by Gasteiger charge is 2.24. The number of anilines is 2. The predicted molar refractivity (Wildman–Crippen MR) is 88.3 cm³/mol. The van der Waals surface area contributed by atoms with Crippen LogP contribution in [0.15, 0.2) is 24.3 Å². The SMILES string of the molecule is O=C(Nc1cccc(N2CCCCCC2)c1)N1CC[C@H](O)C1. The third-order valence-electron chi connectivity index (χ3n) is 4.52. The Labute approximate surface area is 131 Å². The van der Waals surface area contributed by atoms with E-state index in [4.69, 9.17) is 0 Å². The molecule has 2 saturated heterocycles. The van der Waals surface area contributed by atoms with Gasteiger partial charge >= 0.3 is 6.03 Å². The number of amides is 2. The number of carbonyl (C=O) groups excluding carboxylic acids is 1. The number of hydrogen-bond donors (Lipinski definition) is 2. The smallest absolute Gasteiger partial charge is 0.321 e. The number of urea groups is 1. The molecule has 2 fully saturated rings. The zero-order chi connectivity index (χ0) is 15.4. The van der Waals surface area contributed by atoms with Gasteiger partial charge in [-0.2, -0.15) is 0 Å². The molecule has 3 rings (SSSR count). The lowest BCUT2D eigenvalue weighted by molar-refractivity contribution is 0.176. The lowest BCUT2D eigenvalue weighted by atomic mass is 10.2. The molecule has 1 atom stereocenters. The number of nitrogens with zero attached hydrogens (tertiary/aromatic N) is 2. The maximum absolute atomic E-state index is 12.2. The van der Waals surface area contributed by atoms with Crippen LogP contribution in [0.3, 0.4) is 0 Å². The van der Waals surface area contributed by atoms with Gasteiger partial charge in [0.2, 0.25) is 0 Å². The minimum absolute atomic E-state index is 0.121. The zero-order valence-corrected chi connectivity index (χ0v) is 13.0. The van der Waals surface area contributed by atoms with Gasteiger partial charge in [-0.15, -0.1) is 0 Å². The number of β-amino-alcohol motifs (C(OH)–C–C–N with tert-alkyl or cyclic N) is 1. The van der Waals surface area contributed by atoms with Crippen molar-refractivity contribution in [2.24, 2.45) is 0 Å². The third-order valence-corrected chi connectivity index (χ3v) is 4.52. The summed E-state index contributed by atoms with van der Waals surface area (Å²) in [5.41, 5.74) is 2.01. The summed E-state index contributed by atoms with van der Waals surface area (Å²) >= 11 is 0. The van der Waals surface area contributed by atoms with E-state index in [2.05, 4.69) is 22.3 Å². The maximum atomic E-state index is 12.2. The van der Waals surface area contributed by atoms with Crippen LogP contribution < -0.4 is 10.2 Å². The van der Waals surface area contributed by atoms with Crippen LogP contribution in [0, 0.1) is 0 Å². The summed E-state index contributed by atoms with van der Waals surface area (Å²) in [6.45, 7) is 3.24. The Morgan fingerprint density at radius 1 is 1.14 bits per heavy atom. The summed E-state index contributed by atoms with van der Waals surface area (Å²) in [6, 6.07) is 7.96. The van der Waals surface area contributed by atoms with E-state index in [0.29, 0.717) is 19.5 Å². The molecule has 2 aliphatic rings. The average molecular weight is 303 g/mol. The van der Waals surface area contributed by atoms with Gasteiger partial charge in [0.25, 0.3) is 0 Å². The zero-order valence-electron chi connectivity index (χ0n) is 13.0. The second kappa shape index (κ2) is 7.01. The van der Waals surface area contributed by atoms with Crippen LogP contribution in [-0.4, -0.2) is 48.3 Å². The molecule has 1 aromatic rings. The Kier molecular flexibility index (Phi) is 4.83. The van der Waals surface area contributed by atoms with E-state index in [9.17, 15) is 9.90 Å². The summed E-state index contributed by atoms with van der Waals surface area (Å²) in [5.74, 6) is 0. The first-order valence-electron chi connectivity index (χ1n) is 8.31. The lowest BCUT2D eigenvalue weighted by Crippen LogP contribution is -2.33. The fourth-order valence-corrected chi connectivity index (χ4v) is 3.24. The van der Waals surface area contributed by atoms with Crippen molar-refractivity contribution in [2.75, 3.05) is 36.4 Å². The molecule has 0 saturated carbocycles. The van der Waals surface area contributed by atoms with Crippen LogP contribution in [0.25, 0.3) is 0 Å². The Morgan fingerprint density at radius 3 is 2.59 bits per heavy atom. The summed E-state index contributed by atoms with van der Waals surface area (Å²) in [5, 5.41) is 12.5. The van der Waals surface area contributed by atoms with Crippen LogP contribution in [0.1, 0.15) is 32.1 Å². The number of benzene rings is 1. The normalized spacial score (nSPS) is 22.5. The van der Waals surface area contributed by atoms with Crippen LogP contribution in [-0.2, 0) is 0 Å². The molecule has 0 aliphatic carbocycles. The molecule has 0 unspecified atom stereocenters. The van der Waals surface area contributed by atoms with E-state index in [-0.39, 0.29) is 12.1 Å². The summed E-state index contributed by atoms with van der Waals surface area (Å²) in [4.78, 5) is 16.3. The van der Waals surface area contributed by atoms with Gasteiger partial charge in [-0.1, -0.05) is 18.9 Å². The molecule has 2 amide bonds. The molecular weight excluding hydrogens is 278 g/mol. The lowest BCUT2D eigenvalue weighted by Gasteiger charge is -2.23. The van der Waals surface area contributed by atoms with Crippen LogP contribution in [0.4, 0.5) is 16.2 Å². The van der Waals surface area contributed by atoms with Crippen LogP contribution in [0.5, 0.6) is 0 Å². The molecule has 0 bridgehead atoms. The minimum atomic E-state index is -0.380. The number of rotatable bonds is 2. The average Bonchev–Trinajstić information content (AvgIpc) is 2.79. The number of hydrogen-bond acceptors (Lipinski definition) is 3. The van der Waals surface area contributed by atoms with Crippen molar-refractivity contribution in [2.45, 2.75) is 38.2 Å². The van der Waals surface area contributed by atoms with E-state index in [1.165, 1.54) is 31.4 Å². The quantitative estimate of drug-likeness (QED) is 0.883. The van der Waals surface area contributed by atoms with Crippen molar-refractivity contribution < 1.29 is 9.90 Å². The van der Waals surface area contributed by atoms with Crippen molar-refractivity contribution in [3.05, 3.63) is 24.3 Å². The summed E-state index contributed by atoms with van der Waals surface area (Å²) < 4.78 is 0. The topological polar surface area (TPSA) is 55.8 Å². The number of carbonyl (C=O) groups is 1. The molecule has 2 N–H and O–H groups in total. The fraction of sp³-hybridized carbons (Fsp3) is 0.588. The van der Waals surface area contributed by atoms with Gasteiger partial charge in [-0.25, -0.2) is 4.79 Å². The van der Waals surface area contributed by atoms with Crippen molar-refractivity contribution in [3.63, 3.8) is 0 Å². The molecule has 120 valence electrons. The molecule has 5 nitrogen and oxygen atoms in total. The minimum Gasteiger partial charge on any atom is -0.391 e. The van der Waals surface area contributed by atoms with E-state index in [0.717, 1.165) is 18.8 Å². The van der Waals surface area contributed by atoms with E-state index in [1.54, 1.807) is 4.90 Å². The van der Waals surface area contributed by atoms with Gasteiger partial charge in [0.05, 0.1) is 6.10 Å². The monoisotopic (exact) mass is 303 g/mol.